The number of anilines is 1. The molecule has 0 bridgehead atoms. The van der Waals surface area contributed by atoms with Gasteiger partial charge in [-0.1, -0.05) is 41.9 Å². The van der Waals surface area contributed by atoms with Gasteiger partial charge in [0.25, 0.3) is 0 Å². The second-order valence-corrected chi connectivity index (χ2v) is 7.83. The zero-order valence-corrected chi connectivity index (χ0v) is 15.5. The van der Waals surface area contributed by atoms with Crippen molar-refractivity contribution in [3.8, 4) is 11.3 Å². The molecular formula is C17H19BrN2O2S. The Labute approximate surface area is 148 Å². The molecule has 0 spiro atoms. The minimum Gasteiger partial charge on any atom is -0.349 e. The van der Waals surface area contributed by atoms with Gasteiger partial charge in [-0.2, -0.15) is 0 Å². The van der Waals surface area contributed by atoms with E-state index in [1.165, 1.54) is 0 Å². The summed E-state index contributed by atoms with van der Waals surface area (Å²) in [5.74, 6) is 0.544. The first-order valence-corrected chi connectivity index (χ1v) is 9.32. The Morgan fingerprint density at radius 1 is 1.43 bits per heavy atom. The van der Waals surface area contributed by atoms with E-state index < -0.39 is 6.23 Å². The highest BCUT2D eigenvalue weighted by molar-refractivity contribution is 9.10. The molecule has 0 radical (unpaired) electrons. The maximum atomic E-state index is 11.3. The highest BCUT2D eigenvalue weighted by Gasteiger charge is 2.36. The summed E-state index contributed by atoms with van der Waals surface area (Å²) in [7, 11) is 0. The van der Waals surface area contributed by atoms with Crippen molar-refractivity contribution < 1.29 is 9.53 Å². The summed E-state index contributed by atoms with van der Waals surface area (Å²) < 4.78 is 6.68. The average molecular weight is 395 g/mol. The fraction of sp³-hybridized carbons (Fsp3) is 0.412. The Morgan fingerprint density at radius 2 is 2.17 bits per heavy atom. The Bertz CT molecular complexity index is 671. The van der Waals surface area contributed by atoms with Crippen molar-refractivity contribution in [1.82, 2.24) is 4.98 Å². The van der Waals surface area contributed by atoms with E-state index in [4.69, 9.17) is 9.72 Å². The molecule has 23 heavy (non-hydrogen) atoms. The van der Waals surface area contributed by atoms with Crippen LogP contribution >= 0.6 is 27.3 Å². The smallest absolute Gasteiger partial charge is 0.188 e. The van der Waals surface area contributed by atoms with E-state index in [2.05, 4.69) is 29.8 Å². The van der Waals surface area contributed by atoms with E-state index in [1.807, 2.05) is 34.5 Å². The van der Waals surface area contributed by atoms with E-state index in [9.17, 15) is 4.79 Å². The van der Waals surface area contributed by atoms with Crippen LogP contribution in [0.25, 0.3) is 11.3 Å². The summed E-state index contributed by atoms with van der Waals surface area (Å²) in [6.45, 7) is 4.94. The molecule has 3 rings (SSSR count). The summed E-state index contributed by atoms with van der Waals surface area (Å²) in [6, 6.07) is 8.28. The zero-order valence-electron chi connectivity index (χ0n) is 13.1. The molecule has 2 aromatic rings. The van der Waals surface area contributed by atoms with E-state index in [0.717, 1.165) is 33.6 Å². The Kier molecular flexibility index (Phi) is 5.14. The predicted octanol–water partition coefficient (Wildman–Crippen LogP) is 4.35. The largest absolute Gasteiger partial charge is 0.349 e. The van der Waals surface area contributed by atoms with Crippen LogP contribution in [-0.2, 0) is 9.53 Å². The molecule has 1 aliphatic rings. The molecule has 2 atom stereocenters. The van der Waals surface area contributed by atoms with E-state index in [0.29, 0.717) is 12.5 Å². The average Bonchev–Trinajstić information content (AvgIpc) is 3.13. The van der Waals surface area contributed by atoms with Crippen molar-refractivity contribution in [2.45, 2.75) is 32.5 Å². The lowest BCUT2D eigenvalue weighted by molar-refractivity contribution is -0.115. The summed E-state index contributed by atoms with van der Waals surface area (Å²) in [5.41, 5.74) is 2.00. The van der Waals surface area contributed by atoms with Crippen LogP contribution in [0, 0.1) is 5.92 Å². The number of carbonyl (C=O) groups excluding carboxylic acids is 1. The predicted molar refractivity (Wildman–Crippen MR) is 96.8 cm³/mol. The molecule has 0 aliphatic carbocycles. The second-order valence-electron chi connectivity index (χ2n) is 6.07. The first-order valence-electron chi connectivity index (χ1n) is 7.65. The van der Waals surface area contributed by atoms with Crippen LogP contribution < -0.4 is 4.90 Å². The molecule has 122 valence electrons. The maximum absolute atomic E-state index is 11.3. The monoisotopic (exact) mass is 394 g/mol. The van der Waals surface area contributed by atoms with Crippen LogP contribution in [0.3, 0.4) is 0 Å². The van der Waals surface area contributed by atoms with Crippen molar-refractivity contribution in [2.24, 2.45) is 5.92 Å². The molecule has 0 saturated carbocycles. The first kappa shape index (κ1) is 16.6. The second kappa shape index (κ2) is 7.11. The van der Waals surface area contributed by atoms with Crippen molar-refractivity contribution in [2.75, 3.05) is 11.5 Å². The number of ether oxygens (including phenoxy) is 1. The molecule has 1 aromatic carbocycles. The summed E-state index contributed by atoms with van der Waals surface area (Å²) >= 11 is 5.00. The molecule has 1 fully saturated rings. The molecule has 2 heterocycles. The SMILES string of the molecule is CC(C)CC1COC(C=O)N1c1nc(-c2ccc(Br)cc2)cs1. The van der Waals surface area contributed by atoms with Crippen molar-refractivity contribution in [3.05, 3.63) is 34.1 Å². The van der Waals surface area contributed by atoms with Gasteiger partial charge in [0.15, 0.2) is 17.6 Å². The zero-order chi connectivity index (χ0) is 16.4. The number of aromatic nitrogens is 1. The highest BCUT2D eigenvalue weighted by atomic mass is 79.9. The van der Waals surface area contributed by atoms with Gasteiger partial charge in [0.05, 0.1) is 18.3 Å². The Balaban J connectivity index is 1.87. The van der Waals surface area contributed by atoms with Crippen LogP contribution in [-0.4, -0.2) is 30.1 Å². The van der Waals surface area contributed by atoms with Gasteiger partial charge in [-0.25, -0.2) is 4.98 Å². The molecular weight excluding hydrogens is 376 g/mol. The number of hydrogen-bond donors (Lipinski definition) is 0. The van der Waals surface area contributed by atoms with E-state index in [-0.39, 0.29) is 6.04 Å². The number of aldehydes is 1. The van der Waals surface area contributed by atoms with Crippen LogP contribution in [0.15, 0.2) is 34.1 Å². The lowest BCUT2D eigenvalue weighted by Crippen LogP contribution is -2.38. The number of benzene rings is 1. The van der Waals surface area contributed by atoms with E-state index in [1.54, 1.807) is 11.3 Å². The van der Waals surface area contributed by atoms with E-state index >= 15 is 0 Å². The molecule has 1 aromatic heterocycles. The standard InChI is InChI=1S/C17H19BrN2O2S/c1-11(2)7-14-9-22-16(8-21)20(14)17-19-15(10-23-17)12-3-5-13(18)6-4-12/h3-6,8,10-11,14,16H,7,9H2,1-2H3. The van der Waals surface area contributed by atoms with Crippen molar-refractivity contribution in [1.29, 1.82) is 0 Å². The lowest BCUT2D eigenvalue weighted by atomic mass is 10.0. The number of hydrogen-bond acceptors (Lipinski definition) is 5. The van der Waals surface area contributed by atoms with Crippen molar-refractivity contribution in [3.63, 3.8) is 0 Å². The maximum Gasteiger partial charge on any atom is 0.188 e. The number of carbonyl (C=O) groups is 1. The van der Waals surface area contributed by atoms with Crippen LogP contribution in [0.4, 0.5) is 5.13 Å². The lowest BCUT2D eigenvalue weighted by Gasteiger charge is -2.26. The molecule has 4 nitrogen and oxygen atoms in total. The van der Waals surface area contributed by atoms with Crippen LogP contribution in [0.2, 0.25) is 0 Å². The molecule has 0 N–H and O–H groups in total. The number of nitrogens with zero attached hydrogens (tertiary/aromatic N) is 2. The Hall–Kier alpha value is -1.24. The van der Waals surface area contributed by atoms with Crippen LogP contribution in [0.1, 0.15) is 20.3 Å². The summed E-state index contributed by atoms with van der Waals surface area (Å²) in [6.07, 6.45) is 1.32. The molecule has 2 unspecified atom stereocenters. The van der Waals surface area contributed by atoms with Gasteiger partial charge >= 0.3 is 0 Å². The number of thiazole rings is 1. The fourth-order valence-corrected chi connectivity index (χ4v) is 4.01. The molecule has 1 saturated heterocycles. The quantitative estimate of drug-likeness (QED) is 0.706. The van der Waals surface area contributed by atoms with Gasteiger partial charge in [-0.3, -0.25) is 4.79 Å². The van der Waals surface area contributed by atoms with Gasteiger partial charge in [0.1, 0.15) is 0 Å². The summed E-state index contributed by atoms with van der Waals surface area (Å²) in [4.78, 5) is 18.1. The summed E-state index contributed by atoms with van der Waals surface area (Å²) in [5, 5.41) is 2.88. The fourth-order valence-electron chi connectivity index (χ4n) is 2.81. The third kappa shape index (κ3) is 3.65. The minimum absolute atomic E-state index is 0.203. The van der Waals surface area contributed by atoms with Gasteiger partial charge in [-0.15, -0.1) is 11.3 Å². The van der Waals surface area contributed by atoms with Gasteiger partial charge in [0, 0.05) is 15.4 Å². The van der Waals surface area contributed by atoms with Gasteiger partial charge in [-0.05, 0) is 24.5 Å². The minimum atomic E-state index is -0.525. The number of halogens is 1. The topological polar surface area (TPSA) is 42.4 Å². The normalized spacial score (nSPS) is 21.1. The molecule has 0 amide bonds. The van der Waals surface area contributed by atoms with Gasteiger partial charge in [0.2, 0.25) is 0 Å². The Morgan fingerprint density at radius 3 is 2.83 bits per heavy atom. The molecule has 6 heteroatoms. The van der Waals surface area contributed by atoms with Crippen molar-refractivity contribution >= 4 is 38.7 Å². The van der Waals surface area contributed by atoms with Crippen LogP contribution in [0.5, 0.6) is 0 Å². The third-order valence-corrected chi connectivity index (χ3v) is 5.22. The molecule has 1 aliphatic heterocycles. The highest BCUT2D eigenvalue weighted by Crippen LogP contribution is 2.34. The first-order chi connectivity index (χ1) is 11.1. The van der Waals surface area contributed by atoms with Gasteiger partial charge < -0.3 is 9.64 Å². The number of rotatable bonds is 5. The third-order valence-electron chi connectivity index (χ3n) is 3.84.